The van der Waals surface area contributed by atoms with Gasteiger partial charge in [0.05, 0.1) is 0 Å². The summed E-state index contributed by atoms with van der Waals surface area (Å²) in [4.78, 5) is 21.8. The minimum Gasteiger partial charge on any atom is -0.502 e. The van der Waals surface area contributed by atoms with E-state index in [0.29, 0.717) is 11.8 Å². The first-order valence-electron chi connectivity index (χ1n) is 5.31. The fourth-order valence-corrected chi connectivity index (χ4v) is 1.25. The molecule has 5 heteroatoms. The highest BCUT2D eigenvalue weighted by Gasteiger charge is 2.12. The Bertz CT molecular complexity index is 442. The number of carboxylic acid groups (broad SMARTS) is 1. The third-order valence-electron chi connectivity index (χ3n) is 2.17. The Kier molecular flexibility index (Phi) is 4.51. The van der Waals surface area contributed by atoms with Crippen LogP contribution in [0, 0.1) is 0 Å². The van der Waals surface area contributed by atoms with Gasteiger partial charge in [0, 0.05) is 12.5 Å². The number of carbonyl (C=O) groups excluding carboxylic acids is 1. The molecular formula is C12H14O5. The Morgan fingerprint density at radius 2 is 2.06 bits per heavy atom. The number of aryl methyl sites for hydroxylation is 1. The van der Waals surface area contributed by atoms with Crippen molar-refractivity contribution in [2.75, 3.05) is 0 Å². The molecule has 0 aromatic carbocycles. The Balaban J connectivity index is 2.73. The second kappa shape index (κ2) is 5.89. The number of unbranched alkanes of at least 4 members (excludes halogenated alkanes) is 1. The standard InChI is InChI=1S/C12H14O5/c1-2-3-4-8-5-6-11(17-8)9(13)7-10(14)12(15)16/h5-7,14H,2-4H2,1H3,(H,15,16)/b10-7-. The summed E-state index contributed by atoms with van der Waals surface area (Å²) in [6.07, 6.45) is 3.34. The van der Waals surface area contributed by atoms with E-state index < -0.39 is 17.5 Å². The second-order valence-electron chi connectivity index (χ2n) is 3.57. The molecule has 0 spiro atoms. The summed E-state index contributed by atoms with van der Waals surface area (Å²) >= 11 is 0. The maximum Gasteiger partial charge on any atom is 0.371 e. The van der Waals surface area contributed by atoms with E-state index in [1.54, 1.807) is 6.07 Å². The van der Waals surface area contributed by atoms with E-state index in [-0.39, 0.29) is 5.76 Å². The molecule has 92 valence electrons. The Labute approximate surface area is 98.4 Å². The van der Waals surface area contributed by atoms with E-state index in [9.17, 15) is 9.59 Å². The van der Waals surface area contributed by atoms with Crippen LogP contribution in [0.15, 0.2) is 28.4 Å². The van der Waals surface area contributed by atoms with Crippen LogP contribution in [0.1, 0.15) is 36.1 Å². The predicted octanol–water partition coefficient (Wildman–Crippen LogP) is 2.33. The number of aliphatic hydroxyl groups is 1. The first kappa shape index (κ1) is 13.0. The van der Waals surface area contributed by atoms with Crippen LogP contribution in [-0.2, 0) is 11.2 Å². The van der Waals surface area contributed by atoms with Crippen LogP contribution in [-0.4, -0.2) is 22.0 Å². The molecule has 0 fully saturated rings. The maximum atomic E-state index is 11.5. The van der Waals surface area contributed by atoms with Crippen molar-refractivity contribution in [1.29, 1.82) is 0 Å². The summed E-state index contributed by atoms with van der Waals surface area (Å²) in [5.41, 5.74) is 0. The van der Waals surface area contributed by atoms with Gasteiger partial charge in [-0.1, -0.05) is 13.3 Å². The summed E-state index contributed by atoms with van der Waals surface area (Å²) in [6.45, 7) is 2.04. The van der Waals surface area contributed by atoms with Crippen LogP contribution in [0.3, 0.4) is 0 Å². The number of hydrogen-bond acceptors (Lipinski definition) is 4. The van der Waals surface area contributed by atoms with Crippen molar-refractivity contribution < 1.29 is 24.2 Å². The zero-order chi connectivity index (χ0) is 12.8. The predicted molar refractivity (Wildman–Crippen MR) is 60.0 cm³/mol. The van der Waals surface area contributed by atoms with E-state index in [1.165, 1.54) is 6.07 Å². The molecule has 0 aliphatic rings. The third-order valence-corrected chi connectivity index (χ3v) is 2.17. The van der Waals surface area contributed by atoms with Crippen molar-refractivity contribution in [1.82, 2.24) is 0 Å². The van der Waals surface area contributed by atoms with Crippen LogP contribution in [0.4, 0.5) is 0 Å². The number of rotatable bonds is 6. The summed E-state index contributed by atoms with van der Waals surface area (Å²) in [6, 6.07) is 3.15. The highest BCUT2D eigenvalue weighted by molar-refractivity contribution is 6.06. The van der Waals surface area contributed by atoms with Crippen molar-refractivity contribution >= 4 is 11.8 Å². The van der Waals surface area contributed by atoms with Crippen molar-refractivity contribution in [3.05, 3.63) is 35.5 Å². The molecule has 1 heterocycles. The van der Waals surface area contributed by atoms with Crippen molar-refractivity contribution in [3.63, 3.8) is 0 Å². The summed E-state index contributed by atoms with van der Waals surface area (Å²) in [5, 5.41) is 17.3. The van der Waals surface area contributed by atoms with Gasteiger partial charge in [-0.3, -0.25) is 4.79 Å². The summed E-state index contributed by atoms with van der Waals surface area (Å²) in [7, 11) is 0. The highest BCUT2D eigenvalue weighted by atomic mass is 16.4. The van der Waals surface area contributed by atoms with Crippen LogP contribution in [0.25, 0.3) is 0 Å². The van der Waals surface area contributed by atoms with Crippen LogP contribution < -0.4 is 0 Å². The van der Waals surface area contributed by atoms with Gasteiger partial charge < -0.3 is 14.6 Å². The monoisotopic (exact) mass is 238 g/mol. The average Bonchev–Trinajstić information content (AvgIpc) is 2.74. The number of aliphatic carboxylic acids is 1. The lowest BCUT2D eigenvalue weighted by Crippen LogP contribution is -2.03. The largest absolute Gasteiger partial charge is 0.502 e. The lowest BCUT2D eigenvalue weighted by atomic mass is 10.2. The van der Waals surface area contributed by atoms with Gasteiger partial charge in [0.15, 0.2) is 5.76 Å². The lowest BCUT2D eigenvalue weighted by molar-refractivity contribution is -0.135. The zero-order valence-corrected chi connectivity index (χ0v) is 9.47. The van der Waals surface area contributed by atoms with Crippen LogP contribution in [0.5, 0.6) is 0 Å². The molecule has 1 aromatic heterocycles. The molecule has 2 N–H and O–H groups in total. The van der Waals surface area contributed by atoms with Crippen LogP contribution in [0.2, 0.25) is 0 Å². The van der Waals surface area contributed by atoms with Gasteiger partial charge in [0.2, 0.25) is 11.5 Å². The molecule has 0 aliphatic heterocycles. The number of ketones is 1. The number of allylic oxidation sites excluding steroid dienone is 1. The van der Waals surface area contributed by atoms with E-state index >= 15 is 0 Å². The molecule has 1 rings (SSSR count). The van der Waals surface area contributed by atoms with Crippen molar-refractivity contribution in [2.45, 2.75) is 26.2 Å². The smallest absolute Gasteiger partial charge is 0.371 e. The number of carbonyl (C=O) groups is 2. The number of hydrogen-bond donors (Lipinski definition) is 2. The van der Waals surface area contributed by atoms with Gasteiger partial charge in [0.1, 0.15) is 5.76 Å². The quantitative estimate of drug-likeness (QED) is 0.451. The number of aliphatic hydroxyl groups excluding tert-OH is 1. The topological polar surface area (TPSA) is 87.7 Å². The zero-order valence-electron chi connectivity index (χ0n) is 9.47. The van der Waals surface area contributed by atoms with Crippen LogP contribution >= 0.6 is 0 Å². The Morgan fingerprint density at radius 3 is 2.65 bits per heavy atom. The normalized spacial score (nSPS) is 11.5. The van der Waals surface area contributed by atoms with Gasteiger partial charge in [-0.2, -0.15) is 0 Å². The first-order chi connectivity index (χ1) is 8.04. The molecule has 0 saturated carbocycles. The first-order valence-corrected chi connectivity index (χ1v) is 5.31. The molecular weight excluding hydrogens is 224 g/mol. The minimum absolute atomic E-state index is 0.0314. The Morgan fingerprint density at radius 1 is 1.35 bits per heavy atom. The molecule has 0 radical (unpaired) electrons. The molecule has 0 aliphatic carbocycles. The van der Waals surface area contributed by atoms with Crippen molar-refractivity contribution in [2.24, 2.45) is 0 Å². The van der Waals surface area contributed by atoms with Crippen molar-refractivity contribution in [3.8, 4) is 0 Å². The van der Waals surface area contributed by atoms with Gasteiger partial charge in [0.25, 0.3) is 0 Å². The lowest BCUT2D eigenvalue weighted by Gasteiger charge is -1.94. The highest BCUT2D eigenvalue weighted by Crippen LogP contribution is 2.12. The summed E-state index contributed by atoms with van der Waals surface area (Å²) < 4.78 is 5.23. The number of carboxylic acids is 1. The fraction of sp³-hybridized carbons (Fsp3) is 0.333. The molecule has 5 nitrogen and oxygen atoms in total. The summed E-state index contributed by atoms with van der Waals surface area (Å²) in [5.74, 6) is -2.49. The fourth-order valence-electron chi connectivity index (χ4n) is 1.25. The second-order valence-corrected chi connectivity index (χ2v) is 3.57. The minimum atomic E-state index is -1.55. The van der Waals surface area contributed by atoms with Gasteiger partial charge in [-0.05, 0) is 18.6 Å². The molecule has 0 amide bonds. The van der Waals surface area contributed by atoms with Gasteiger partial charge in [-0.25, -0.2) is 4.79 Å². The van der Waals surface area contributed by atoms with E-state index in [1.807, 2.05) is 6.92 Å². The SMILES string of the molecule is CCCCc1ccc(C(=O)/C=C(\O)C(=O)O)o1. The number of furan rings is 1. The molecule has 0 unspecified atom stereocenters. The van der Waals surface area contributed by atoms with E-state index in [0.717, 1.165) is 19.3 Å². The Hall–Kier alpha value is -2.04. The molecule has 17 heavy (non-hydrogen) atoms. The molecule has 1 aromatic rings. The molecule has 0 atom stereocenters. The average molecular weight is 238 g/mol. The molecule has 0 bridgehead atoms. The third kappa shape index (κ3) is 3.79. The molecule has 0 saturated heterocycles. The van der Waals surface area contributed by atoms with E-state index in [2.05, 4.69) is 0 Å². The van der Waals surface area contributed by atoms with E-state index in [4.69, 9.17) is 14.6 Å². The van der Waals surface area contributed by atoms with Gasteiger partial charge in [-0.15, -0.1) is 0 Å². The maximum absolute atomic E-state index is 11.5. The van der Waals surface area contributed by atoms with Gasteiger partial charge >= 0.3 is 5.97 Å².